The number of carbonyl (C=O) groups excluding carboxylic acids is 1. The summed E-state index contributed by atoms with van der Waals surface area (Å²) in [6, 6.07) is 8.96. The van der Waals surface area contributed by atoms with Crippen molar-refractivity contribution in [3.63, 3.8) is 0 Å². The van der Waals surface area contributed by atoms with E-state index >= 15 is 0 Å². The molecule has 2 N–H and O–H groups in total. The Morgan fingerprint density at radius 1 is 1.32 bits per heavy atom. The SMILES string of the molecule is C=CCOCC(CC(O)OC(C)(C)C)NC(=O)OCc1ccccc1. The molecule has 0 aliphatic rings. The Bertz CT molecular complexity index is 512. The van der Waals surface area contributed by atoms with E-state index in [0.717, 1.165) is 5.56 Å². The third-order valence-corrected chi connectivity index (χ3v) is 3.07. The molecule has 25 heavy (non-hydrogen) atoms. The van der Waals surface area contributed by atoms with Crippen molar-refractivity contribution in [2.75, 3.05) is 13.2 Å². The average Bonchev–Trinajstić information content (AvgIpc) is 2.52. The first kappa shape index (κ1) is 21.2. The van der Waals surface area contributed by atoms with Gasteiger partial charge in [-0.15, -0.1) is 6.58 Å². The molecule has 1 rings (SSSR count). The number of amides is 1. The first-order chi connectivity index (χ1) is 11.8. The number of aliphatic hydroxyl groups is 1. The molecule has 1 aromatic carbocycles. The molecule has 0 aliphatic carbocycles. The molecule has 0 aliphatic heterocycles. The van der Waals surface area contributed by atoms with E-state index < -0.39 is 24.0 Å². The van der Waals surface area contributed by atoms with E-state index in [9.17, 15) is 9.90 Å². The molecule has 6 nitrogen and oxygen atoms in total. The van der Waals surface area contributed by atoms with Crippen molar-refractivity contribution in [2.24, 2.45) is 0 Å². The molecular weight excluding hydrogens is 322 g/mol. The number of aliphatic hydroxyl groups excluding tert-OH is 1. The van der Waals surface area contributed by atoms with Crippen LogP contribution in [0.3, 0.4) is 0 Å². The second-order valence-corrected chi connectivity index (χ2v) is 6.65. The van der Waals surface area contributed by atoms with Gasteiger partial charge in [-0.1, -0.05) is 36.4 Å². The highest BCUT2D eigenvalue weighted by Crippen LogP contribution is 2.13. The quantitative estimate of drug-likeness (QED) is 0.385. The van der Waals surface area contributed by atoms with Crippen LogP contribution in [0.4, 0.5) is 4.79 Å². The lowest BCUT2D eigenvalue weighted by atomic mass is 10.1. The Kier molecular flexibility index (Phi) is 9.20. The van der Waals surface area contributed by atoms with Gasteiger partial charge in [0.25, 0.3) is 0 Å². The number of hydrogen-bond acceptors (Lipinski definition) is 5. The summed E-state index contributed by atoms with van der Waals surface area (Å²) in [7, 11) is 0. The van der Waals surface area contributed by atoms with Crippen molar-refractivity contribution in [1.29, 1.82) is 0 Å². The van der Waals surface area contributed by atoms with Crippen LogP contribution in [0.25, 0.3) is 0 Å². The van der Waals surface area contributed by atoms with Gasteiger partial charge in [0.1, 0.15) is 6.61 Å². The molecular formula is C19H29NO5. The van der Waals surface area contributed by atoms with Crippen molar-refractivity contribution in [2.45, 2.75) is 51.7 Å². The van der Waals surface area contributed by atoms with Gasteiger partial charge >= 0.3 is 6.09 Å². The lowest BCUT2D eigenvalue weighted by Crippen LogP contribution is -2.42. The minimum atomic E-state index is -1.02. The van der Waals surface area contributed by atoms with E-state index in [1.807, 2.05) is 51.1 Å². The molecule has 0 bridgehead atoms. The first-order valence-electron chi connectivity index (χ1n) is 8.32. The fourth-order valence-corrected chi connectivity index (χ4v) is 2.09. The number of alkyl carbamates (subject to hydrolysis) is 1. The fourth-order valence-electron chi connectivity index (χ4n) is 2.09. The van der Waals surface area contributed by atoms with E-state index in [4.69, 9.17) is 14.2 Å². The maximum absolute atomic E-state index is 12.0. The topological polar surface area (TPSA) is 77.0 Å². The Labute approximate surface area is 149 Å². The van der Waals surface area contributed by atoms with Crippen LogP contribution < -0.4 is 5.32 Å². The zero-order valence-electron chi connectivity index (χ0n) is 15.2. The van der Waals surface area contributed by atoms with Crippen LogP contribution in [-0.2, 0) is 20.8 Å². The Morgan fingerprint density at radius 3 is 2.60 bits per heavy atom. The zero-order valence-corrected chi connectivity index (χ0v) is 15.2. The Hall–Kier alpha value is -1.89. The first-order valence-corrected chi connectivity index (χ1v) is 8.32. The van der Waals surface area contributed by atoms with E-state index in [2.05, 4.69) is 11.9 Å². The molecule has 6 heteroatoms. The molecule has 140 valence electrons. The van der Waals surface area contributed by atoms with Crippen LogP contribution in [0.1, 0.15) is 32.8 Å². The van der Waals surface area contributed by atoms with Gasteiger partial charge in [0.15, 0.2) is 6.29 Å². The predicted octanol–water partition coefficient (Wildman–Crippen LogP) is 3.01. The highest BCUT2D eigenvalue weighted by molar-refractivity contribution is 5.67. The van der Waals surface area contributed by atoms with Crippen LogP contribution in [0.15, 0.2) is 43.0 Å². The molecule has 0 radical (unpaired) electrons. The summed E-state index contributed by atoms with van der Waals surface area (Å²) in [5, 5.41) is 12.7. The molecule has 0 aromatic heterocycles. The van der Waals surface area contributed by atoms with Crippen LogP contribution in [0.2, 0.25) is 0 Å². The Balaban J connectivity index is 2.50. The summed E-state index contributed by atoms with van der Waals surface area (Å²) in [5.74, 6) is 0. The number of nitrogens with one attached hydrogen (secondary N) is 1. The third kappa shape index (κ3) is 10.6. The van der Waals surface area contributed by atoms with E-state index in [0.29, 0.717) is 6.61 Å². The second-order valence-electron chi connectivity index (χ2n) is 6.65. The number of ether oxygens (including phenoxy) is 3. The van der Waals surface area contributed by atoms with Gasteiger partial charge in [-0.25, -0.2) is 4.79 Å². The summed E-state index contributed by atoms with van der Waals surface area (Å²) in [6.45, 7) is 9.87. The molecule has 0 heterocycles. The van der Waals surface area contributed by atoms with Crippen LogP contribution in [0, 0.1) is 0 Å². The number of benzene rings is 1. The van der Waals surface area contributed by atoms with Crippen molar-refractivity contribution in [3.05, 3.63) is 48.6 Å². The molecule has 2 unspecified atom stereocenters. The number of carbonyl (C=O) groups is 1. The zero-order chi connectivity index (χ0) is 18.7. The van der Waals surface area contributed by atoms with Gasteiger partial charge in [-0.05, 0) is 26.3 Å². The lowest BCUT2D eigenvalue weighted by Gasteiger charge is -2.27. The van der Waals surface area contributed by atoms with Gasteiger partial charge in [-0.3, -0.25) is 0 Å². The Morgan fingerprint density at radius 2 is 2.00 bits per heavy atom. The number of hydrogen-bond donors (Lipinski definition) is 2. The molecule has 1 aromatic rings. The average molecular weight is 351 g/mol. The third-order valence-electron chi connectivity index (χ3n) is 3.07. The van der Waals surface area contributed by atoms with Gasteiger partial charge in [-0.2, -0.15) is 0 Å². The summed E-state index contributed by atoms with van der Waals surface area (Å²) >= 11 is 0. The minimum absolute atomic E-state index is 0.175. The van der Waals surface area contributed by atoms with Crippen molar-refractivity contribution in [1.82, 2.24) is 5.32 Å². The van der Waals surface area contributed by atoms with E-state index in [1.165, 1.54) is 0 Å². The highest BCUT2D eigenvalue weighted by Gasteiger charge is 2.22. The molecule has 0 saturated carbocycles. The van der Waals surface area contributed by atoms with E-state index in [-0.39, 0.29) is 19.6 Å². The summed E-state index contributed by atoms with van der Waals surface area (Å²) in [4.78, 5) is 12.0. The van der Waals surface area contributed by atoms with Crippen LogP contribution >= 0.6 is 0 Å². The van der Waals surface area contributed by atoms with Gasteiger partial charge in [0, 0.05) is 6.42 Å². The van der Waals surface area contributed by atoms with Gasteiger partial charge in [0.05, 0.1) is 24.9 Å². The van der Waals surface area contributed by atoms with Crippen LogP contribution in [-0.4, -0.2) is 42.3 Å². The molecule has 0 fully saturated rings. The lowest BCUT2D eigenvalue weighted by molar-refractivity contribution is -0.172. The van der Waals surface area contributed by atoms with Gasteiger partial charge in [0.2, 0.25) is 0 Å². The van der Waals surface area contributed by atoms with Crippen LogP contribution in [0.5, 0.6) is 0 Å². The maximum atomic E-state index is 12.0. The van der Waals surface area contributed by atoms with Crippen molar-refractivity contribution in [3.8, 4) is 0 Å². The minimum Gasteiger partial charge on any atom is -0.445 e. The second kappa shape index (κ2) is 10.9. The number of rotatable bonds is 10. The summed E-state index contributed by atoms with van der Waals surface area (Å²) < 4.78 is 16.1. The fraction of sp³-hybridized carbons (Fsp3) is 0.526. The summed E-state index contributed by atoms with van der Waals surface area (Å²) in [5.41, 5.74) is 0.410. The predicted molar refractivity (Wildman–Crippen MR) is 96.0 cm³/mol. The molecule has 0 spiro atoms. The largest absolute Gasteiger partial charge is 0.445 e. The maximum Gasteiger partial charge on any atom is 0.407 e. The standard InChI is InChI=1S/C19H29NO5/c1-5-11-23-14-16(12-17(21)25-19(2,3)4)20-18(22)24-13-15-9-7-6-8-10-15/h5-10,16-17,21H,1,11-14H2,2-4H3,(H,20,22). The molecule has 2 atom stereocenters. The van der Waals surface area contributed by atoms with Crippen molar-refractivity contribution >= 4 is 6.09 Å². The van der Waals surface area contributed by atoms with Crippen molar-refractivity contribution < 1.29 is 24.1 Å². The normalized spacial score (nSPS) is 13.8. The van der Waals surface area contributed by atoms with Gasteiger partial charge < -0.3 is 24.6 Å². The highest BCUT2D eigenvalue weighted by atomic mass is 16.6. The van der Waals surface area contributed by atoms with E-state index in [1.54, 1.807) is 6.08 Å². The smallest absolute Gasteiger partial charge is 0.407 e. The summed E-state index contributed by atoms with van der Waals surface area (Å²) in [6.07, 6.45) is 0.215. The molecule has 1 amide bonds. The monoisotopic (exact) mass is 351 g/mol. The molecule has 0 saturated heterocycles.